The average molecular weight is 269 g/mol. The van der Waals surface area contributed by atoms with Gasteiger partial charge in [-0.1, -0.05) is 15.9 Å². The third kappa shape index (κ3) is 2.43. The van der Waals surface area contributed by atoms with Gasteiger partial charge in [0.15, 0.2) is 0 Å². The summed E-state index contributed by atoms with van der Waals surface area (Å²) in [6.45, 7) is 0. The predicted octanol–water partition coefficient (Wildman–Crippen LogP) is 3.54. The van der Waals surface area contributed by atoms with Crippen molar-refractivity contribution in [1.29, 1.82) is 5.26 Å². The zero-order chi connectivity index (χ0) is 9.97. The van der Waals surface area contributed by atoms with E-state index in [1.165, 1.54) is 12.8 Å². The number of nitrogens with zero attached hydrogens (tertiary/aromatic N) is 1. The topological polar surface area (TPSA) is 35.8 Å². The van der Waals surface area contributed by atoms with Gasteiger partial charge in [-0.2, -0.15) is 5.26 Å². The Morgan fingerprint density at radius 1 is 1.50 bits per heavy atom. The van der Waals surface area contributed by atoms with Crippen LogP contribution in [0, 0.1) is 11.3 Å². The molecule has 0 unspecified atom stereocenters. The van der Waals surface area contributed by atoms with Gasteiger partial charge in [0.05, 0.1) is 11.3 Å². The normalized spacial score (nSPS) is 14.9. The first-order valence-electron chi connectivity index (χ1n) is 4.41. The third-order valence-corrected chi connectivity index (χ3v) is 3.60. The van der Waals surface area contributed by atoms with Crippen LogP contribution in [0.25, 0.3) is 0 Å². The Morgan fingerprint density at radius 2 is 2.29 bits per heavy atom. The molecular formula is C10H9BrN2S. The van der Waals surface area contributed by atoms with E-state index in [0.717, 1.165) is 15.4 Å². The van der Waals surface area contributed by atoms with Gasteiger partial charge in [0.25, 0.3) is 0 Å². The van der Waals surface area contributed by atoms with Crippen molar-refractivity contribution in [2.45, 2.75) is 18.1 Å². The molecule has 0 bridgehead atoms. The minimum atomic E-state index is 0.688. The highest BCUT2D eigenvalue weighted by molar-refractivity contribution is 9.10. The van der Waals surface area contributed by atoms with Crippen molar-refractivity contribution in [2.75, 3.05) is 4.72 Å². The van der Waals surface area contributed by atoms with Crippen molar-refractivity contribution < 1.29 is 0 Å². The first-order valence-corrected chi connectivity index (χ1v) is 6.08. The summed E-state index contributed by atoms with van der Waals surface area (Å²) in [5.41, 5.74) is 1.60. The van der Waals surface area contributed by atoms with Crippen LogP contribution in [0.3, 0.4) is 0 Å². The maximum Gasteiger partial charge on any atom is 0.101 e. The van der Waals surface area contributed by atoms with Crippen molar-refractivity contribution in [3.05, 3.63) is 28.2 Å². The summed E-state index contributed by atoms with van der Waals surface area (Å²) in [6, 6.07) is 7.87. The first-order chi connectivity index (χ1) is 6.79. The van der Waals surface area contributed by atoms with Gasteiger partial charge in [-0.15, -0.1) is 0 Å². The number of hydrogen-bond acceptors (Lipinski definition) is 3. The number of nitriles is 1. The predicted molar refractivity (Wildman–Crippen MR) is 63.1 cm³/mol. The van der Waals surface area contributed by atoms with Gasteiger partial charge in [-0.3, -0.25) is 0 Å². The van der Waals surface area contributed by atoms with Crippen molar-refractivity contribution in [3.8, 4) is 6.07 Å². The lowest BCUT2D eigenvalue weighted by atomic mass is 10.2. The second-order valence-electron chi connectivity index (χ2n) is 3.22. The minimum Gasteiger partial charge on any atom is -0.328 e. The molecule has 1 aliphatic carbocycles. The lowest BCUT2D eigenvalue weighted by Crippen LogP contribution is -1.92. The van der Waals surface area contributed by atoms with Gasteiger partial charge >= 0.3 is 0 Å². The molecule has 1 saturated carbocycles. The van der Waals surface area contributed by atoms with Crippen LogP contribution in [0.5, 0.6) is 0 Å². The van der Waals surface area contributed by atoms with Crippen molar-refractivity contribution in [2.24, 2.45) is 0 Å². The number of rotatable bonds is 3. The zero-order valence-electron chi connectivity index (χ0n) is 7.46. The van der Waals surface area contributed by atoms with Crippen LogP contribution in [0.4, 0.5) is 5.69 Å². The molecule has 1 aromatic rings. The van der Waals surface area contributed by atoms with E-state index in [2.05, 4.69) is 26.7 Å². The van der Waals surface area contributed by atoms with E-state index in [-0.39, 0.29) is 0 Å². The van der Waals surface area contributed by atoms with E-state index < -0.39 is 0 Å². The van der Waals surface area contributed by atoms with Gasteiger partial charge in [0.1, 0.15) is 6.07 Å². The number of hydrogen-bond donors (Lipinski definition) is 1. The van der Waals surface area contributed by atoms with Gasteiger partial charge < -0.3 is 4.72 Å². The first kappa shape index (κ1) is 9.88. The van der Waals surface area contributed by atoms with E-state index in [9.17, 15) is 0 Å². The van der Waals surface area contributed by atoms with E-state index in [1.807, 2.05) is 18.2 Å². The van der Waals surface area contributed by atoms with Crippen molar-refractivity contribution in [1.82, 2.24) is 0 Å². The smallest absolute Gasteiger partial charge is 0.101 e. The summed E-state index contributed by atoms with van der Waals surface area (Å²) in [4.78, 5) is 0. The summed E-state index contributed by atoms with van der Waals surface area (Å²) in [7, 11) is 0. The van der Waals surface area contributed by atoms with Crippen LogP contribution in [0.1, 0.15) is 18.4 Å². The second-order valence-corrected chi connectivity index (χ2v) is 5.24. The molecule has 14 heavy (non-hydrogen) atoms. The lowest BCUT2D eigenvalue weighted by Gasteiger charge is -2.06. The molecule has 1 N–H and O–H groups in total. The van der Waals surface area contributed by atoms with Crippen LogP contribution in [0.15, 0.2) is 22.7 Å². The Balaban J connectivity index is 2.10. The highest BCUT2D eigenvalue weighted by Crippen LogP contribution is 2.35. The largest absolute Gasteiger partial charge is 0.328 e. The van der Waals surface area contributed by atoms with Crippen LogP contribution < -0.4 is 4.72 Å². The molecule has 1 aromatic carbocycles. The Bertz CT molecular complexity index is 382. The van der Waals surface area contributed by atoms with Crippen LogP contribution in [0.2, 0.25) is 0 Å². The molecule has 0 saturated heterocycles. The fraction of sp³-hybridized carbons (Fsp3) is 0.300. The SMILES string of the molecule is N#Cc1cc(Br)ccc1NSC1CC1. The Labute approximate surface area is 96.0 Å². The molecule has 2 nitrogen and oxygen atoms in total. The Hall–Kier alpha value is -0.660. The van der Waals surface area contributed by atoms with Crippen molar-refractivity contribution >= 4 is 33.6 Å². The van der Waals surface area contributed by atoms with Gasteiger partial charge in [-0.25, -0.2) is 0 Å². The quantitative estimate of drug-likeness (QED) is 0.852. The van der Waals surface area contributed by atoms with E-state index in [0.29, 0.717) is 5.56 Å². The Kier molecular flexibility index (Phi) is 2.99. The number of anilines is 1. The molecule has 1 fully saturated rings. The summed E-state index contributed by atoms with van der Waals surface area (Å²) < 4.78 is 4.17. The minimum absolute atomic E-state index is 0.688. The lowest BCUT2D eigenvalue weighted by molar-refractivity contribution is 1.47. The number of halogens is 1. The standard InChI is InChI=1S/C10H9BrN2S/c11-8-1-4-10(7(5-8)6-12)13-14-9-2-3-9/h1,4-5,9,13H,2-3H2. The number of nitrogens with one attached hydrogen (secondary N) is 1. The monoisotopic (exact) mass is 268 g/mol. The molecule has 0 spiro atoms. The molecule has 0 amide bonds. The molecular weight excluding hydrogens is 260 g/mol. The highest BCUT2D eigenvalue weighted by Gasteiger charge is 2.22. The van der Waals surface area contributed by atoms with Gasteiger partial charge in [0, 0.05) is 9.72 Å². The molecule has 4 heteroatoms. The molecule has 0 heterocycles. The van der Waals surface area contributed by atoms with Crippen molar-refractivity contribution in [3.63, 3.8) is 0 Å². The maximum atomic E-state index is 8.90. The summed E-state index contributed by atoms with van der Waals surface area (Å²) in [5, 5.41) is 9.64. The van der Waals surface area contributed by atoms with Gasteiger partial charge in [-0.05, 0) is 43.0 Å². The maximum absolute atomic E-state index is 8.90. The summed E-state index contributed by atoms with van der Waals surface area (Å²) in [5.74, 6) is 0. The Morgan fingerprint density at radius 3 is 2.93 bits per heavy atom. The molecule has 2 rings (SSSR count). The molecule has 0 radical (unpaired) electrons. The van der Waals surface area contributed by atoms with Crippen LogP contribution in [-0.4, -0.2) is 5.25 Å². The summed E-state index contributed by atoms with van der Waals surface area (Å²) in [6.07, 6.45) is 2.58. The van der Waals surface area contributed by atoms with Gasteiger partial charge in [0.2, 0.25) is 0 Å². The fourth-order valence-corrected chi connectivity index (χ4v) is 2.24. The van der Waals surface area contributed by atoms with Crippen LogP contribution in [-0.2, 0) is 0 Å². The molecule has 0 aliphatic heterocycles. The van der Waals surface area contributed by atoms with E-state index in [1.54, 1.807) is 11.9 Å². The van der Waals surface area contributed by atoms with Crippen LogP contribution >= 0.6 is 27.9 Å². The third-order valence-electron chi connectivity index (χ3n) is 1.96. The molecule has 1 aliphatic rings. The summed E-state index contributed by atoms with van der Waals surface area (Å²) >= 11 is 5.06. The molecule has 72 valence electrons. The van der Waals surface area contributed by atoms with E-state index in [4.69, 9.17) is 5.26 Å². The molecule has 0 aromatic heterocycles. The highest BCUT2D eigenvalue weighted by atomic mass is 79.9. The number of benzene rings is 1. The molecule has 0 atom stereocenters. The second kappa shape index (κ2) is 4.24. The van der Waals surface area contributed by atoms with E-state index >= 15 is 0 Å². The fourth-order valence-electron chi connectivity index (χ4n) is 1.03. The average Bonchev–Trinajstić information content (AvgIpc) is 2.99. The zero-order valence-corrected chi connectivity index (χ0v) is 9.86.